The Labute approximate surface area is 493 Å². The van der Waals surface area contributed by atoms with Gasteiger partial charge in [0.05, 0.1) is 45.8 Å². The van der Waals surface area contributed by atoms with E-state index in [1.54, 1.807) is 19.2 Å². The van der Waals surface area contributed by atoms with E-state index < -0.39 is 11.9 Å². The van der Waals surface area contributed by atoms with Crippen LogP contribution >= 0.6 is 0 Å². The van der Waals surface area contributed by atoms with Crippen LogP contribution in [0.15, 0.2) is 12.1 Å². The monoisotopic (exact) mass is 1130 g/mol. The minimum atomic E-state index is -0.568. The molecule has 0 heterocycles. The van der Waals surface area contributed by atoms with Crippen LogP contribution in [-0.4, -0.2) is 81.1 Å². The highest BCUT2D eigenvalue weighted by Crippen LogP contribution is 2.40. The molecule has 0 bridgehead atoms. The van der Waals surface area contributed by atoms with E-state index in [4.69, 9.17) is 28.8 Å². The van der Waals surface area contributed by atoms with Crippen LogP contribution in [0.3, 0.4) is 0 Å². The first-order chi connectivity index (χ1) is 39.4. The Bertz CT molecular complexity index is 1460. The van der Waals surface area contributed by atoms with Crippen molar-refractivity contribution in [3.8, 4) is 17.2 Å². The molecule has 0 saturated heterocycles. The molecule has 0 aliphatic carbocycles. The fourth-order valence-electron chi connectivity index (χ4n) is 10.7. The maximum Gasteiger partial charge on any atom is 0.306 e. The van der Waals surface area contributed by atoms with E-state index in [-0.39, 0.29) is 45.1 Å². The summed E-state index contributed by atoms with van der Waals surface area (Å²) in [5, 5.41) is 8.89. The summed E-state index contributed by atoms with van der Waals surface area (Å²) in [5.41, 5.74) is 0.434. The number of ether oxygens (including phenoxy) is 5. The summed E-state index contributed by atoms with van der Waals surface area (Å²) in [4.78, 5) is 39.8. The number of hydrogen-bond acceptors (Lipinski definition) is 9. The van der Waals surface area contributed by atoms with Gasteiger partial charge in [-0.05, 0) is 31.4 Å². The summed E-state index contributed by atoms with van der Waals surface area (Å²) < 4.78 is 30.0. The van der Waals surface area contributed by atoms with Gasteiger partial charge in [-0.1, -0.05) is 310 Å². The van der Waals surface area contributed by atoms with Gasteiger partial charge in [0.2, 0.25) is 5.75 Å². The molecule has 0 saturated carbocycles. The van der Waals surface area contributed by atoms with Crippen molar-refractivity contribution in [2.45, 2.75) is 342 Å². The normalized spacial score (nSPS) is 11.3. The van der Waals surface area contributed by atoms with Crippen molar-refractivity contribution in [3.05, 3.63) is 17.7 Å². The third-order valence-corrected chi connectivity index (χ3v) is 15.9. The van der Waals surface area contributed by atoms with Crippen molar-refractivity contribution in [2.75, 3.05) is 53.2 Å². The Morgan fingerprint density at radius 3 is 0.875 bits per heavy atom. The van der Waals surface area contributed by atoms with Crippen LogP contribution in [0.4, 0.5) is 0 Å². The van der Waals surface area contributed by atoms with Gasteiger partial charge >= 0.3 is 11.9 Å². The fourth-order valence-corrected chi connectivity index (χ4v) is 10.7. The number of nitrogens with zero attached hydrogens (tertiary/aromatic N) is 1. The smallest absolute Gasteiger partial charge is 0.306 e. The van der Waals surface area contributed by atoms with Crippen LogP contribution in [0.5, 0.6) is 17.2 Å². The summed E-state index contributed by atoms with van der Waals surface area (Å²) in [5.74, 6) is 0.321. The van der Waals surface area contributed by atoms with Crippen molar-refractivity contribution < 1.29 is 43.2 Å². The van der Waals surface area contributed by atoms with Crippen molar-refractivity contribution in [1.82, 2.24) is 4.90 Å². The Kier molecular flexibility index (Phi) is 55.5. The van der Waals surface area contributed by atoms with Crippen molar-refractivity contribution in [3.63, 3.8) is 0 Å². The zero-order valence-corrected chi connectivity index (χ0v) is 53.1. The molecule has 1 rings (SSSR count). The van der Waals surface area contributed by atoms with Crippen LogP contribution in [0.2, 0.25) is 0 Å². The first kappa shape index (κ1) is 75.0. The molecule has 0 unspecified atom stereocenters. The molecule has 10 nitrogen and oxygen atoms in total. The number of hydrogen-bond donors (Lipinski definition) is 1. The second-order valence-corrected chi connectivity index (χ2v) is 23.6. The number of rotatable bonds is 63. The number of aliphatic hydroxyl groups is 1. The van der Waals surface area contributed by atoms with Gasteiger partial charge in [0.25, 0.3) is 5.91 Å². The molecule has 1 aromatic carbocycles. The van der Waals surface area contributed by atoms with Crippen LogP contribution in [-0.2, 0) is 19.1 Å². The molecule has 0 aliphatic heterocycles. The molecule has 0 aromatic heterocycles. The first-order valence-corrected chi connectivity index (χ1v) is 34.6. The number of unbranched alkanes of at least 4 members (excludes halogenated alkanes) is 45. The Morgan fingerprint density at radius 2 is 0.600 bits per heavy atom. The zero-order chi connectivity index (χ0) is 57.9. The molecule has 0 radical (unpaired) electrons. The van der Waals surface area contributed by atoms with Gasteiger partial charge in [-0.2, -0.15) is 0 Å². The van der Waals surface area contributed by atoms with Gasteiger partial charge in [0.15, 0.2) is 11.5 Å². The van der Waals surface area contributed by atoms with Gasteiger partial charge in [-0.15, -0.1) is 0 Å². The highest BCUT2D eigenvalue weighted by molar-refractivity contribution is 5.95. The lowest BCUT2D eigenvalue weighted by Gasteiger charge is -2.21. The van der Waals surface area contributed by atoms with E-state index in [2.05, 4.69) is 20.8 Å². The van der Waals surface area contributed by atoms with E-state index in [1.807, 2.05) is 0 Å². The molecule has 0 atom stereocenters. The first-order valence-electron chi connectivity index (χ1n) is 34.6. The van der Waals surface area contributed by atoms with Crippen LogP contribution in [0.25, 0.3) is 0 Å². The Hall–Kier alpha value is -3.01. The summed E-state index contributed by atoms with van der Waals surface area (Å²) in [6.07, 6.45) is 62.6. The average Bonchev–Trinajstić information content (AvgIpc) is 3.48. The number of amides is 1. The number of likely N-dealkylation sites (N-methyl/N-ethyl adjacent to an activating group) is 1. The number of aliphatic hydroxyl groups excluding tert-OH is 1. The number of esters is 2. The summed E-state index contributed by atoms with van der Waals surface area (Å²) >= 11 is 0. The number of carbonyl (C=O) groups excluding carboxylic acids is 3. The SMILES string of the molecule is CCCCCCCCCCCCCCCCCCOc1cc(C(=O)N(C)CCOC(=O)CCC(=O)OCCO)cc(OCCCCCCCCCCCCCCCCCC)c1OCCCCCCCCCCCCCCCCCC. The minimum absolute atomic E-state index is 0.0154. The Balaban J connectivity index is 2.89. The van der Waals surface area contributed by atoms with Crippen LogP contribution < -0.4 is 14.2 Å². The van der Waals surface area contributed by atoms with E-state index in [9.17, 15) is 14.4 Å². The fraction of sp³-hybridized carbons (Fsp3) is 0.871. The third-order valence-electron chi connectivity index (χ3n) is 15.9. The van der Waals surface area contributed by atoms with Crippen molar-refractivity contribution >= 4 is 17.8 Å². The second-order valence-electron chi connectivity index (χ2n) is 23.6. The average molecular weight is 1130 g/mol. The predicted octanol–water partition coefficient (Wildman–Crippen LogP) is 20.5. The third kappa shape index (κ3) is 47.5. The maximum absolute atomic E-state index is 14.1. The van der Waals surface area contributed by atoms with Gasteiger partial charge < -0.3 is 33.7 Å². The molecule has 10 heteroatoms. The highest BCUT2D eigenvalue weighted by atomic mass is 16.6. The number of benzene rings is 1. The predicted molar refractivity (Wildman–Crippen MR) is 337 cm³/mol. The van der Waals surface area contributed by atoms with Crippen molar-refractivity contribution in [2.24, 2.45) is 0 Å². The minimum Gasteiger partial charge on any atom is -0.490 e. The molecule has 1 amide bonds. The quantitative estimate of drug-likeness (QED) is 0.0502. The molecule has 80 heavy (non-hydrogen) atoms. The molecule has 1 N–H and O–H groups in total. The Morgan fingerprint density at radius 1 is 0.350 bits per heavy atom. The zero-order valence-electron chi connectivity index (χ0n) is 53.1. The van der Waals surface area contributed by atoms with E-state index in [0.717, 1.165) is 38.5 Å². The number of carbonyl (C=O) groups is 3. The van der Waals surface area contributed by atoms with E-state index in [0.29, 0.717) is 42.6 Å². The topological polar surface area (TPSA) is 121 Å². The summed E-state index contributed by atoms with van der Waals surface area (Å²) in [7, 11) is 1.69. The van der Waals surface area contributed by atoms with Gasteiger partial charge in [0.1, 0.15) is 13.2 Å². The van der Waals surface area contributed by atoms with Gasteiger partial charge in [-0.25, -0.2) is 0 Å². The van der Waals surface area contributed by atoms with Crippen LogP contribution in [0.1, 0.15) is 352 Å². The second kappa shape index (κ2) is 59.2. The van der Waals surface area contributed by atoms with Gasteiger partial charge in [-0.3, -0.25) is 14.4 Å². The lowest BCUT2D eigenvalue weighted by Crippen LogP contribution is -2.31. The molecule has 0 aliphatic rings. The molecular formula is C70H129NO9. The molecule has 1 aromatic rings. The van der Waals surface area contributed by atoms with Crippen LogP contribution in [0, 0.1) is 0 Å². The van der Waals surface area contributed by atoms with Gasteiger partial charge in [0, 0.05) is 12.6 Å². The molecule has 468 valence electrons. The van der Waals surface area contributed by atoms with E-state index >= 15 is 0 Å². The van der Waals surface area contributed by atoms with E-state index in [1.165, 1.54) is 275 Å². The molecule has 0 spiro atoms. The lowest BCUT2D eigenvalue weighted by atomic mass is 10.0. The highest BCUT2D eigenvalue weighted by Gasteiger charge is 2.22. The standard InChI is InChI=1S/C70H129NO9/c1-5-8-11-14-17-20-23-26-29-32-35-38-41-44-47-50-57-76-65-62-64(70(75)71(4)55-60-78-67(73)53-54-68(74)79-61-56-72)63-66(77-58-51-48-45-42-39-36-33-30-27-24-21-18-15-12-9-6-2)69(65)80-59-52-49-46-43-40-37-34-31-28-25-22-19-16-13-10-7-3/h62-63,72H,5-61H2,1-4H3. The van der Waals surface area contributed by atoms with Crippen molar-refractivity contribution in [1.29, 1.82) is 0 Å². The molecular weight excluding hydrogens is 999 g/mol. The summed E-state index contributed by atoms with van der Waals surface area (Å²) in [6.45, 7) is 8.25. The summed E-state index contributed by atoms with van der Waals surface area (Å²) in [6, 6.07) is 3.61. The largest absolute Gasteiger partial charge is 0.490 e. The lowest BCUT2D eigenvalue weighted by molar-refractivity contribution is -0.150. The maximum atomic E-state index is 14.1. The molecule has 0 fully saturated rings.